The fraction of sp³-hybridized carbons (Fsp3) is 0.688. The highest BCUT2D eigenvalue weighted by atomic mass is 31.2. The minimum atomic E-state index is -1.10. The standard InChI is InChI=1S/C16H26N5O4P/c1-10(2)24-26(25-11(3)4)9-23-16(5-6-16)7-12-8-18-21-13(12)19-14(17)20-15(21)22/h8,10-11H,5-7,9H2,1-4H3,(H3,17,19,20,22). The second kappa shape index (κ2) is 7.60. The van der Waals surface area contributed by atoms with Crippen molar-refractivity contribution in [3.63, 3.8) is 0 Å². The Morgan fingerprint density at radius 3 is 2.46 bits per heavy atom. The fourth-order valence-corrected chi connectivity index (χ4v) is 4.14. The van der Waals surface area contributed by atoms with Gasteiger partial charge in [-0.25, -0.2) is 0 Å². The average Bonchev–Trinajstić information content (AvgIpc) is 3.18. The molecule has 10 heteroatoms. The summed E-state index contributed by atoms with van der Waals surface area (Å²) in [6, 6.07) is -0.274. The number of fused-ring (bicyclic) bond motifs is 1. The van der Waals surface area contributed by atoms with Crippen molar-refractivity contribution in [3.8, 4) is 6.01 Å². The maximum absolute atomic E-state index is 9.83. The number of rotatable bonds is 9. The van der Waals surface area contributed by atoms with E-state index in [2.05, 4.69) is 15.1 Å². The van der Waals surface area contributed by atoms with Crippen LogP contribution in [0.1, 0.15) is 46.1 Å². The molecule has 0 bridgehead atoms. The molecule has 0 unspecified atom stereocenters. The van der Waals surface area contributed by atoms with Gasteiger partial charge in [-0.3, -0.25) is 0 Å². The van der Waals surface area contributed by atoms with Crippen molar-refractivity contribution in [2.75, 3.05) is 12.1 Å². The Morgan fingerprint density at radius 2 is 1.88 bits per heavy atom. The van der Waals surface area contributed by atoms with Crippen LogP contribution in [0.4, 0.5) is 5.95 Å². The molecule has 2 heterocycles. The number of hydrogen-bond donors (Lipinski definition) is 2. The number of nitrogen functional groups attached to an aromatic ring is 1. The van der Waals surface area contributed by atoms with Gasteiger partial charge in [-0.1, -0.05) is 0 Å². The third kappa shape index (κ3) is 4.59. The molecule has 26 heavy (non-hydrogen) atoms. The van der Waals surface area contributed by atoms with Crippen molar-refractivity contribution in [1.82, 2.24) is 19.6 Å². The summed E-state index contributed by atoms with van der Waals surface area (Å²) >= 11 is 0. The molecule has 1 saturated carbocycles. The van der Waals surface area contributed by atoms with Crippen LogP contribution in [0.15, 0.2) is 6.20 Å². The Kier molecular flexibility index (Phi) is 5.62. The van der Waals surface area contributed by atoms with Crippen LogP contribution in [0.25, 0.3) is 5.65 Å². The van der Waals surface area contributed by atoms with Gasteiger partial charge in [-0.2, -0.15) is 19.6 Å². The molecule has 0 spiro atoms. The first-order valence-corrected chi connectivity index (χ1v) is 10.1. The van der Waals surface area contributed by atoms with E-state index in [1.807, 2.05) is 27.7 Å². The molecule has 1 aliphatic carbocycles. The third-order valence-corrected chi connectivity index (χ3v) is 5.55. The fourth-order valence-electron chi connectivity index (χ4n) is 2.65. The van der Waals surface area contributed by atoms with Crippen LogP contribution in [-0.4, -0.2) is 48.8 Å². The Labute approximate surface area is 153 Å². The minimum absolute atomic E-state index is 0.0155. The van der Waals surface area contributed by atoms with Gasteiger partial charge in [0.1, 0.15) is 6.35 Å². The normalized spacial score (nSPS) is 16.3. The summed E-state index contributed by atoms with van der Waals surface area (Å²) < 4.78 is 19.2. The molecule has 2 aromatic heterocycles. The predicted octanol–water partition coefficient (Wildman–Crippen LogP) is 2.62. The molecule has 2 aromatic rings. The number of ether oxygens (including phenoxy) is 1. The Hall–Kier alpha value is -1.54. The second-order valence-electron chi connectivity index (χ2n) is 7.06. The maximum atomic E-state index is 9.83. The molecular formula is C16H26N5O4P. The van der Waals surface area contributed by atoms with Crippen molar-refractivity contribution in [3.05, 3.63) is 11.8 Å². The number of nitrogens with two attached hydrogens (primary N) is 1. The highest BCUT2D eigenvalue weighted by molar-refractivity contribution is 7.47. The third-order valence-electron chi connectivity index (χ3n) is 3.89. The first-order chi connectivity index (χ1) is 12.3. The van der Waals surface area contributed by atoms with E-state index in [9.17, 15) is 5.11 Å². The highest BCUT2D eigenvalue weighted by Crippen LogP contribution is 2.48. The van der Waals surface area contributed by atoms with Crippen LogP contribution in [0.5, 0.6) is 6.01 Å². The first-order valence-electron chi connectivity index (χ1n) is 8.72. The van der Waals surface area contributed by atoms with E-state index in [1.165, 1.54) is 4.52 Å². The van der Waals surface area contributed by atoms with E-state index in [0.717, 1.165) is 18.4 Å². The quantitative estimate of drug-likeness (QED) is 0.635. The number of aromatic hydroxyl groups is 1. The number of aromatic nitrogens is 4. The number of anilines is 1. The summed E-state index contributed by atoms with van der Waals surface area (Å²) in [7, 11) is -1.10. The van der Waals surface area contributed by atoms with Gasteiger partial charge in [0.05, 0.1) is 24.0 Å². The molecule has 0 amide bonds. The van der Waals surface area contributed by atoms with Crippen molar-refractivity contribution >= 4 is 20.0 Å². The zero-order valence-corrected chi connectivity index (χ0v) is 16.4. The summed E-state index contributed by atoms with van der Waals surface area (Å²) in [4.78, 5) is 7.89. The first kappa shape index (κ1) is 19.2. The lowest BCUT2D eigenvalue weighted by molar-refractivity contribution is 0.0487. The number of hydrogen-bond acceptors (Lipinski definition) is 8. The molecule has 0 atom stereocenters. The van der Waals surface area contributed by atoms with Crippen molar-refractivity contribution in [1.29, 1.82) is 0 Å². The van der Waals surface area contributed by atoms with Gasteiger partial charge in [0, 0.05) is 12.0 Å². The van der Waals surface area contributed by atoms with Gasteiger partial charge in [-0.05, 0) is 40.5 Å². The molecule has 144 valence electrons. The largest absolute Gasteiger partial charge is 0.479 e. The van der Waals surface area contributed by atoms with Gasteiger partial charge in [-0.15, -0.1) is 0 Å². The van der Waals surface area contributed by atoms with Gasteiger partial charge >= 0.3 is 6.01 Å². The molecule has 0 saturated heterocycles. The van der Waals surface area contributed by atoms with E-state index < -0.39 is 8.38 Å². The summed E-state index contributed by atoms with van der Waals surface area (Å²) in [5, 5.41) is 14.0. The molecule has 0 radical (unpaired) electrons. The molecular weight excluding hydrogens is 357 g/mol. The second-order valence-corrected chi connectivity index (χ2v) is 8.41. The Balaban J connectivity index is 1.68. The van der Waals surface area contributed by atoms with Crippen molar-refractivity contribution in [2.24, 2.45) is 0 Å². The van der Waals surface area contributed by atoms with Crippen LogP contribution in [-0.2, 0) is 20.2 Å². The highest BCUT2D eigenvalue weighted by Gasteiger charge is 2.45. The molecule has 0 aromatic carbocycles. The smallest absolute Gasteiger partial charge is 0.320 e. The van der Waals surface area contributed by atoms with Crippen LogP contribution < -0.4 is 5.73 Å². The van der Waals surface area contributed by atoms with Crippen LogP contribution in [0, 0.1) is 0 Å². The van der Waals surface area contributed by atoms with Crippen molar-refractivity contribution in [2.45, 2.75) is 64.8 Å². The van der Waals surface area contributed by atoms with Crippen LogP contribution >= 0.6 is 8.38 Å². The Morgan fingerprint density at radius 1 is 1.23 bits per heavy atom. The van der Waals surface area contributed by atoms with E-state index in [1.54, 1.807) is 6.20 Å². The SMILES string of the molecule is CC(C)OP(COC1(Cc2cnn3c(O)nc(N)nc23)CC1)OC(C)C. The van der Waals surface area contributed by atoms with Gasteiger partial charge in [0.15, 0.2) is 14.0 Å². The van der Waals surface area contributed by atoms with Gasteiger partial charge < -0.3 is 24.6 Å². The summed E-state index contributed by atoms with van der Waals surface area (Å²) in [5.74, 6) is 0.0155. The van der Waals surface area contributed by atoms with E-state index in [0.29, 0.717) is 18.4 Å². The maximum Gasteiger partial charge on any atom is 0.320 e. The molecule has 0 aliphatic heterocycles. The molecule has 9 nitrogen and oxygen atoms in total. The van der Waals surface area contributed by atoms with Crippen LogP contribution in [0.2, 0.25) is 0 Å². The average molecular weight is 383 g/mol. The topological polar surface area (TPSA) is 117 Å². The zero-order valence-electron chi connectivity index (χ0n) is 15.5. The minimum Gasteiger partial charge on any atom is -0.479 e. The Bertz CT molecular complexity index is 752. The van der Waals surface area contributed by atoms with E-state index in [-0.39, 0.29) is 29.8 Å². The van der Waals surface area contributed by atoms with E-state index >= 15 is 0 Å². The lowest BCUT2D eigenvalue weighted by atomic mass is 10.1. The van der Waals surface area contributed by atoms with Gasteiger partial charge in [0.2, 0.25) is 5.95 Å². The van der Waals surface area contributed by atoms with Crippen molar-refractivity contribution < 1.29 is 18.9 Å². The lowest BCUT2D eigenvalue weighted by Gasteiger charge is -2.24. The summed E-state index contributed by atoms with van der Waals surface area (Å²) in [5.41, 5.74) is 6.74. The zero-order chi connectivity index (χ0) is 18.9. The van der Waals surface area contributed by atoms with Crippen LogP contribution in [0.3, 0.4) is 0 Å². The molecule has 3 rings (SSSR count). The summed E-state index contributed by atoms with van der Waals surface area (Å²) in [6.45, 7) is 7.95. The van der Waals surface area contributed by atoms with E-state index in [4.69, 9.17) is 19.5 Å². The monoisotopic (exact) mass is 383 g/mol. The molecule has 1 fully saturated rings. The van der Waals surface area contributed by atoms with Gasteiger partial charge in [0.25, 0.3) is 0 Å². The lowest BCUT2D eigenvalue weighted by Crippen LogP contribution is -2.19. The number of nitrogens with zero attached hydrogens (tertiary/aromatic N) is 4. The molecule has 1 aliphatic rings. The predicted molar refractivity (Wildman–Crippen MR) is 97.8 cm³/mol. The molecule has 3 N–H and O–H groups in total. The summed E-state index contributed by atoms with van der Waals surface area (Å²) in [6.07, 6.45) is 4.80.